The van der Waals surface area contributed by atoms with Crippen molar-refractivity contribution in [2.75, 3.05) is 11.1 Å². The summed E-state index contributed by atoms with van der Waals surface area (Å²) in [4.78, 5) is 18.0. The number of nitrogens with one attached hydrogen (secondary N) is 1. The monoisotopic (exact) mass is 362 g/mol. The Morgan fingerprint density at radius 1 is 1.30 bits per heavy atom. The predicted molar refractivity (Wildman–Crippen MR) is 100 cm³/mol. The summed E-state index contributed by atoms with van der Waals surface area (Å²) in [5.41, 5.74) is 2.45. The van der Waals surface area contributed by atoms with Crippen LogP contribution in [0.5, 0.6) is 0 Å². The second kappa shape index (κ2) is 6.91. The highest BCUT2D eigenvalue weighted by molar-refractivity contribution is 7.99. The van der Waals surface area contributed by atoms with Crippen molar-refractivity contribution < 1.29 is 4.79 Å². The third-order valence-corrected chi connectivity index (χ3v) is 5.70. The number of amides is 1. The fourth-order valence-electron chi connectivity index (χ4n) is 2.25. The highest BCUT2D eigenvalue weighted by atomic mass is 35.5. The van der Waals surface area contributed by atoms with Crippen LogP contribution in [0.1, 0.15) is 22.8 Å². The van der Waals surface area contributed by atoms with Crippen molar-refractivity contribution in [3.05, 3.63) is 52.5 Å². The summed E-state index contributed by atoms with van der Waals surface area (Å²) in [5, 5.41) is 4.18. The number of nitrogens with zero attached hydrogens (tertiary/aromatic N) is 1. The van der Waals surface area contributed by atoms with Gasteiger partial charge >= 0.3 is 0 Å². The quantitative estimate of drug-likeness (QED) is 0.612. The number of hydrogen-bond donors (Lipinski definition) is 1. The summed E-state index contributed by atoms with van der Waals surface area (Å²) in [6, 6.07) is 11.4. The number of thioether (sulfide) groups is 1. The van der Waals surface area contributed by atoms with Crippen molar-refractivity contribution in [3.8, 4) is 0 Å². The molecule has 3 rings (SSSR count). The van der Waals surface area contributed by atoms with E-state index in [1.807, 2.05) is 43.3 Å². The van der Waals surface area contributed by atoms with E-state index in [1.165, 1.54) is 11.3 Å². The molecule has 1 aromatic heterocycles. The maximum atomic E-state index is 12.6. The second-order valence-electron chi connectivity index (χ2n) is 4.92. The maximum absolute atomic E-state index is 12.6. The average molecular weight is 363 g/mol. The molecular weight excluding hydrogens is 348 g/mol. The molecule has 3 nitrogen and oxygen atoms in total. The van der Waals surface area contributed by atoms with Gasteiger partial charge in [-0.3, -0.25) is 10.1 Å². The summed E-state index contributed by atoms with van der Waals surface area (Å²) < 4.78 is 1.01. The Bertz CT molecular complexity index is 876. The van der Waals surface area contributed by atoms with E-state index in [1.54, 1.807) is 11.8 Å². The van der Waals surface area contributed by atoms with Gasteiger partial charge in [0.1, 0.15) is 0 Å². The van der Waals surface area contributed by atoms with Crippen LogP contribution in [0.2, 0.25) is 5.02 Å². The minimum absolute atomic E-state index is 0.135. The first-order valence-electron chi connectivity index (χ1n) is 7.19. The lowest BCUT2D eigenvalue weighted by molar-refractivity contribution is 0.102. The topological polar surface area (TPSA) is 42.0 Å². The highest BCUT2D eigenvalue weighted by Crippen LogP contribution is 2.32. The molecule has 1 heterocycles. The van der Waals surface area contributed by atoms with Gasteiger partial charge < -0.3 is 0 Å². The first-order chi connectivity index (χ1) is 11.1. The van der Waals surface area contributed by atoms with E-state index in [-0.39, 0.29) is 5.91 Å². The lowest BCUT2D eigenvalue weighted by atomic mass is 10.2. The van der Waals surface area contributed by atoms with Crippen molar-refractivity contribution in [1.29, 1.82) is 0 Å². The van der Waals surface area contributed by atoms with Gasteiger partial charge in [0.25, 0.3) is 5.91 Å². The molecule has 6 heteroatoms. The summed E-state index contributed by atoms with van der Waals surface area (Å²) in [7, 11) is 0. The van der Waals surface area contributed by atoms with E-state index in [2.05, 4.69) is 17.2 Å². The Morgan fingerprint density at radius 3 is 2.87 bits per heavy atom. The number of carbonyl (C=O) groups is 1. The van der Waals surface area contributed by atoms with Gasteiger partial charge in [0.15, 0.2) is 5.13 Å². The standard InChI is InChI=1S/C17H15ClN2OS2/c1-3-22-13-7-5-4-6-11(13)16(21)20-17-19-15-10(2)12(18)8-9-14(15)23-17/h4-9H,3H2,1-2H3,(H,19,20,21). The fraction of sp³-hybridized carbons (Fsp3) is 0.176. The zero-order valence-corrected chi connectivity index (χ0v) is 15.1. The molecule has 0 atom stereocenters. The maximum Gasteiger partial charge on any atom is 0.258 e. The van der Waals surface area contributed by atoms with Crippen molar-refractivity contribution in [2.45, 2.75) is 18.7 Å². The minimum atomic E-state index is -0.135. The van der Waals surface area contributed by atoms with Gasteiger partial charge in [-0.25, -0.2) is 4.98 Å². The van der Waals surface area contributed by atoms with Crippen molar-refractivity contribution >= 4 is 56.0 Å². The number of thiazole rings is 1. The molecule has 0 saturated carbocycles. The van der Waals surface area contributed by atoms with Crippen LogP contribution in [0.4, 0.5) is 5.13 Å². The fourth-order valence-corrected chi connectivity index (χ4v) is 4.13. The van der Waals surface area contributed by atoms with E-state index in [4.69, 9.17) is 11.6 Å². The number of aromatic nitrogens is 1. The van der Waals surface area contributed by atoms with E-state index >= 15 is 0 Å². The molecule has 1 amide bonds. The first-order valence-corrected chi connectivity index (χ1v) is 9.37. The summed E-state index contributed by atoms with van der Waals surface area (Å²) in [6.07, 6.45) is 0. The van der Waals surface area contributed by atoms with Crippen LogP contribution in [0.15, 0.2) is 41.3 Å². The van der Waals surface area contributed by atoms with Crippen LogP contribution in [-0.4, -0.2) is 16.6 Å². The molecule has 0 bridgehead atoms. The molecule has 1 N–H and O–H groups in total. The third-order valence-electron chi connectivity index (χ3n) is 3.40. The van der Waals surface area contributed by atoms with Crippen molar-refractivity contribution in [3.63, 3.8) is 0 Å². The third kappa shape index (κ3) is 3.37. The Hall–Kier alpha value is -1.56. The zero-order chi connectivity index (χ0) is 16.4. The number of hydrogen-bond acceptors (Lipinski definition) is 4. The van der Waals surface area contributed by atoms with Crippen LogP contribution < -0.4 is 5.32 Å². The van der Waals surface area contributed by atoms with Crippen LogP contribution in [-0.2, 0) is 0 Å². The van der Waals surface area contributed by atoms with Crippen LogP contribution in [0.3, 0.4) is 0 Å². The molecule has 0 aliphatic carbocycles. The Kier molecular flexibility index (Phi) is 4.90. The minimum Gasteiger partial charge on any atom is -0.298 e. The average Bonchev–Trinajstić information content (AvgIpc) is 2.95. The Morgan fingerprint density at radius 2 is 2.09 bits per heavy atom. The van der Waals surface area contributed by atoms with Gasteiger partial charge in [-0.1, -0.05) is 42.0 Å². The van der Waals surface area contributed by atoms with E-state index in [0.29, 0.717) is 15.7 Å². The lowest BCUT2D eigenvalue weighted by Gasteiger charge is -2.07. The van der Waals surface area contributed by atoms with E-state index in [9.17, 15) is 4.79 Å². The smallest absolute Gasteiger partial charge is 0.258 e. The summed E-state index contributed by atoms with van der Waals surface area (Å²) in [6.45, 7) is 4.00. The summed E-state index contributed by atoms with van der Waals surface area (Å²) >= 11 is 9.24. The van der Waals surface area contributed by atoms with Gasteiger partial charge in [-0.15, -0.1) is 11.8 Å². The SMILES string of the molecule is CCSc1ccccc1C(=O)Nc1nc2c(C)c(Cl)ccc2s1. The van der Waals surface area contributed by atoms with E-state index < -0.39 is 0 Å². The second-order valence-corrected chi connectivity index (χ2v) is 7.67. The molecule has 0 aliphatic rings. The lowest BCUT2D eigenvalue weighted by Crippen LogP contribution is -2.12. The first kappa shape index (κ1) is 16.3. The molecule has 3 aromatic rings. The number of rotatable bonds is 4. The molecule has 118 valence electrons. The number of anilines is 1. The number of halogens is 1. The molecule has 2 aromatic carbocycles. The predicted octanol–water partition coefficient (Wildman–Crippen LogP) is 5.62. The molecule has 0 saturated heterocycles. The van der Waals surface area contributed by atoms with Gasteiger partial charge in [-0.2, -0.15) is 0 Å². The zero-order valence-electron chi connectivity index (χ0n) is 12.7. The number of fused-ring (bicyclic) bond motifs is 1. The van der Waals surface area contributed by atoms with Crippen LogP contribution in [0.25, 0.3) is 10.2 Å². The Balaban J connectivity index is 1.90. The number of carbonyl (C=O) groups excluding carboxylic acids is 1. The van der Waals surface area contributed by atoms with Crippen LogP contribution >= 0.6 is 34.7 Å². The van der Waals surface area contributed by atoms with Gasteiger partial charge in [-0.05, 0) is 42.5 Å². The molecule has 0 fully saturated rings. The molecule has 0 spiro atoms. The van der Waals surface area contributed by atoms with Gasteiger partial charge in [0.2, 0.25) is 0 Å². The number of benzene rings is 2. The normalized spacial score (nSPS) is 10.9. The van der Waals surface area contributed by atoms with Crippen LogP contribution in [0, 0.1) is 6.92 Å². The molecule has 0 aliphatic heterocycles. The largest absolute Gasteiger partial charge is 0.298 e. The van der Waals surface area contributed by atoms with E-state index in [0.717, 1.165) is 26.4 Å². The molecule has 0 unspecified atom stereocenters. The van der Waals surface area contributed by atoms with Gasteiger partial charge in [0, 0.05) is 9.92 Å². The molecular formula is C17H15ClN2OS2. The number of aryl methyl sites for hydroxylation is 1. The van der Waals surface area contributed by atoms with Crippen molar-refractivity contribution in [1.82, 2.24) is 4.98 Å². The molecule has 23 heavy (non-hydrogen) atoms. The van der Waals surface area contributed by atoms with Crippen molar-refractivity contribution in [2.24, 2.45) is 0 Å². The van der Waals surface area contributed by atoms with Gasteiger partial charge in [0.05, 0.1) is 15.8 Å². The Labute approximate surface area is 148 Å². The highest BCUT2D eigenvalue weighted by Gasteiger charge is 2.14. The molecule has 0 radical (unpaired) electrons. The summed E-state index contributed by atoms with van der Waals surface area (Å²) in [5.74, 6) is 0.785.